The van der Waals surface area contributed by atoms with Crippen molar-refractivity contribution in [1.82, 2.24) is 9.62 Å². The minimum Gasteiger partial charge on any atom is -0.454 e. The summed E-state index contributed by atoms with van der Waals surface area (Å²) in [6.45, 7) is 0.277. The van der Waals surface area contributed by atoms with Crippen LogP contribution in [0.15, 0.2) is 33.6 Å². The first-order valence-electron chi connectivity index (χ1n) is 7.74. The largest absolute Gasteiger partial charge is 0.454 e. The summed E-state index contributed by atoms with van der Waals surface area (Å²) in [6.07, 6.45) is 0. The molecule has 0 bridgehead atoms. The molecular formula is C15H19BrN2O7S. The Bertz CT molecular complexity index is 733. The van der Waals surface area contributed by atoms with Crippen molar-refractivity contribution in [1.29, 1.82) is 0 Å². The van der Waals surface area contributed by atoms with Crippen molar-refractivity contribution in [2.45, 2.75) is 10.9 Å². The lowest BCUT2D eigenvalue weighted by Gasteiger charge is -2.26. The first-order chi connectivity index (χ1) is 12.3. The lowest BCUT2D eigenvalue weighted by molar-refractivity contribution is -0.155. The van der Waals surface area contributed by atoms with E-state index in [1.165, 1.54) is 29.2 Å². The van der Waals surface area contributed by atoms with Crippen LogP contribution in [-0.2, 0) is 29.1 Å². The quantitative estimate of drug-likeness (QED) is 0.536. The summed E-state index contributed by atoms with van der Waals surface area (Å²) >= 11 is 3.19. The SMILES string of the molecule is O=C(OCC(=O)N1CCOCC1)C(CO)NS(=O)(=O)c1ccc(Br)cc1. The zero-order valence-corrected chi connectivity index (χ0v) is 16.2. The highest BCUT2D eigenvalue weighted by Gasteiger charge is 2.27. The van der Waals surface area contributed by atoms with Gasteiger partial charge < -0.3 is 19.5 Å². The third kappa shape index (κ3) is 5.74. The molecule has 11 heteroatoms. The zero-order valence-electron chi connectivity index (χ0n) is 13.8. The van der Waals surface area contributed by atoms with E-state index in [1.54, 1.807) is 0 Å². The molecule has 26 heavy (non-hydrogen) atoms. The van der Waals surface area contributed by atoms with Crippen molar-refractivity contribution in [2.75, 3.05) is 39.5 Å². The van der Waals surface area contributed by atoms with E-state index in [4.69, 9.17) is 9.47 Å². The van der Waals surface area contributed by atoms with E-state index in [-0.39, 0.29) is 4.90 Å². The number of aliphatic hydroxyl groups is 1. The number of amides is 1. The van der Waals surface area contributed by atoms with Crippen LogP contribution in [0.4, 0.5) is 0 Å². The number of carbonyl (C=O) groups excluding carboxylic acids is 2. The Balaban J connectivity index is 1.93. The summed E-state index contributed by atoms with van der Waals surface area (Å²) in [4.78, 5) is 25.4. The molecule has 0 saturated carbocycles. The molecule has 1 fully saturated rings. The topological polar surface area (TPSA) is 122 Å². The number of halogens is 1. The van der Waals surface area contributed by atoms with Crippen LogP contribution in [0.1, 0.15) is 0 Å². The number of esters is 1. The first kappa shape index (κ1) is 20.8. The van der Waals surface area contributed by atoms with Crippen LogP contribution in [0.25, 0.3) is 0 Å². The summed E-state index contributed by atoms with van der Waals surface area (Å²) in [5, 5.41) is 9.32. The molecule has 2 rings (SSSR count). The molecule has 1 saturated heterocycles. The third-order valence-electron chi connectivity index (χ3n) is 3.59. The highest BCUT2D eigenvalue weighted by atomic mass is 79.9. The molecule has 0 aromatic heterocycles. The smallest absolute Gasteiger partial charge is 0.327 e. The Morgan fingerprint density at radius 2 is 1.88 bits per heavy atom. The monoisotopic (exact) mass is 450 g/mol. The zero-order chi connectivity index (χ0) is 19.2. The molecule has 2 N–H and O–H groups in total. The van der Waals surface area contributed by atoms with Crippen LogP contribution >= 0.6 is 15.9 Å². The van der Waals surface area contributed by atoms with Crippen molar-refractivity contribution < 1.29 is 32.6 Å². The number of nitrogens with zero attached hydrogens (tertiary/aromatic N) is 1. The van der Waals surface area contributed by atoms with Gasteiger partial charge in [0.1, 0.15) is 6.04 Å². The van der Waals surface area contributed by atoms with Crippen molar-refractivity contribution >= 4 is 37.8 Å². The van der Waals surface area contributed by atoms with E-state index in [0.29, 0.717) is 30.8 Å². The lowest BCUT2D eigenvalue weighted by atomic mass is 10.3. The van der Waals surface area contributed by atoms with E-state index < -0.39 is 41.2 Å². The summed E-state index contributed by atoms with van der Waals surface area (Å²) in [5.74, 6) is -1.44. The Morgan fingerprint density at radius 1 is 1.27 bits per heavy atom. The summed E-state index contributed by atoms with van der Waals surface area (Å²) in [7, 11) is -4.04. The van der Waals surface area contributed by atoms with E-state index in [1.807, 2.05) is 0 Å². The Kier molecular flexibility index (Phi) is 7.53. The minimum atomic E-state index is -4.04. The van der Waals surface area contributed by atoms with Gasteiger partial charge >= 0.3 is 5.97 Å². The van der Waals surface area contributed by atoms with Crippen LogP contribution in [0, 0.1) is 0 Å². The second-order valence-corrected chi connectivity index (χ2v) is 8.04. The molecule has 1 amide bonds. The molecule has 1 aromatic rings. The van der Waals surface area contributed by atoms with E-state index in [9.17, 15) is 23.1 Å². The predicted molar refractivity (Wildman–Crippen MR) is 93.7 cm³/mol. The fourth-order valence-corrected chi connectivity index (χ4v) is 3.61. The Hall–Kier alpha value is -1.53. The van der Waals surface area contributed by atoms with Gasteiger partial charge in [0, 0.05) is 17.6 Å². The van der Waals surface area contributed by atoms with Gasteiger partial charge in [0.15, 0.2) is 6.61 Å². The molecular weight excluding hydrogens is 432 g/mol. The number of carbonyl (C=O) groups is 2. The van der Waals surface area contributed by atoms with Gasteiger partial charge in [0.25, 0.3) is 5.91 Å². The van der Waals surface area contributed by atoms with Crippen LogP contribution in [0.2, 0.25) is 0 Å². The number of rotatable bonds is 7. The summed E-state index contributed by atoms with van der Waals surface area (Å²) < 4.78 is 37.3. The average molecular weight is 451 g/mol. The number of nitrogens with one attached hydrogen (secondary N) is 1. The Labute approximate surface area is 159 Å². The maximum Gasteiger partial charge on any atom is 0.327 e. The van der Waals surface area contributed by atoms with E-state index >= 15 is 0 Å². The van der Waals surface area contributed by atoms with Crippen LogP contribution in [-0.4, -0.2) is 75.9 Å². The predicted octanol–water partition coefficient (Wildman–Crippen LogP) is -0.510. The van der Waals surface area contributed by atoms with Crippen molar-refractivity contribution in [2.24, 2.45) is 0 Å². The van der Waals surface area contributed by atoms with Gasteiger partial charge in [-0.1, -0.05) is 15.9 Å². The van der Waals surface area contributed by atoms with Crippen molar-refractivity contribution in [3.63, 3.8) is 0 Å². The number of aliphatic hydroxyl groups excluding tert-OH is 1. The van der Waals surface area contributed by atoms with Gasteiger partial charge in [-0.25, -0.2) is 8.42 Å². The molecule has 1 aliphatic rings. The molecule has 1 atom stereocenters. The van der Waals surface area contributed by atoms with Crippen LogP contribution in [0.5, 0.6) is 0 Å². The van der Waals surface area contributed by atoms with Gasteiger partial charge in [-0.2, -0.15) is 4.72 Å². The van der Waals surface area contributed by atoms with Crippen molar-refractivity contribution in [3.05, 3.63) is 28.7 Å². The molecule has 144 valence electrons. The van der Waals surface area contributed by atoms with Gasteiger partial charge in [-0.05, 0) is 24.3 Å². The van der Waals surface area contributed by atoms with Gasteiger partial charge in [0.05, 0.1) is 24.7 Å². The molecule has 0 aliphatic carbocycles. The fourth-order valence-electron chi connectivity index (χ4n) is 2.17. The number of hydrogen-bond acceptors (Lipinski definition) is 7. The van der Waals surface area contributed by atoms with E-state index in [2.05, 4.69) is 20.7 Å². The lowest BCUT2D eigenvalue weighted by Crippen LogP contribution is -2.46. The molecule has 1 heterocycles. The maximum atomic E-state index is 12.3. The standard InChI is InChI=1S/C15H19BrN2O7S/c16-11-1-3-12(4-2-11)26(22,23)17-13(9-19)15(21)25-10-14(20)18-5-7-24-8-6-18/h1-4,13,17,19H,5-10H2. The molecule has 0 spiro atoms. The third-order valence-corrected chi connectivity index (χ3v) is 5.61. The normalized spacial score (nSPS) is 16.2. The minimum absolute atomic E-state index is 0.0728. The number of morpholine rings is 1. The molecule has 1 aromatic carbocycles. The van der Waals surface area contributed by atoms with Crippen molar-refractivity contribution in [3.8, 4) is 0 Å². The highest BCUT2D eigenvalue weighted by molar-refractivity contribution is 9.10. The second-order valence-electron chi connectivity index (χ2n) is 5.41. The molecule has 1 unspecified atom stereocenters. The van der Waals surface area contributed by atoms with Crippen LogP contribution < -0.4 is 4.72 Å². The number of hydrogen-bond donors (Lipinski definition) is 2. The summed E-state index contributed by atoms with van der Waals surface area (Å²) in [5.41, 5.74) is 0. The highest BCUT2D eigenvalue weighted by Crippen LogP contribution is 2.15. The maximum absolute atomic E-state index is 12.3. The molecule has 1 aliphatic heterocycles. The second kappa shape index (κ2) is 9.42. The summed E-state index contributed by atoms with van der Waals surface area (Å²) in [6, 6.07) is 4.23. The van der Waals surface area contributed by atoms with Gasteiger partial charge in [0.2, 0.25) is 10.0 Å². The molecule has 9 nitrogen and oxygen atoms in total. The van der Waals surface area contributed by atoms with Gasteiger partial charge in [-0.15, -0.1) is 0 Å². The average Bonchev–Trinajstić information content (AvgIpc) is 2.65. The fraction of sp³-hybridized carbons (Fsp3) is 0.467. The number of benzene rings is 1. The first-order valence-corrected chi connectivity index (χ1v) is 10.0. The van der Waals surface area contributed by atoms with Gasteiger partial charge in [-0.3, -0.25) is 9.59 Å². The molecule has 0 radical (unpaired) electrons. The van der Waals surface area contributed by atoms with Crippen LogP contribution in [0.3, 0.4) is 0 Å². The Morgan fingerprint density at radius 3 is 2.46 bits per heavy atom. The number of ether oxygens (including phenoxy) is 2. The number of sulfonamides is 1. The van der Waals surface area contributed by atoms with E-state index in [0.717, 1.165) is 0 Å².